The number of hydrogen-bond donors (Lipinski definition) is 2. The molecule has 2 rings (SSSR count). The molecule has 0 fully saturated rings. The Labute approximate surface area is 136 Å². The molecule has 0 atom stereocenters. The van der Waals surface area contributed by atoms with Crippen LogP contribution >= 0.6 is 0 Å². The van der Waals surface area contributed by atoms with Crippen LogP contribution in [-0.2, 0) is 4.79 Å². The third kappa shape index (κ3) is 5.54. The van der Waals surface area contributed by atoms with Crippen LogP contribution in [0.5, 0.6) is 0 Å². The van der Waals surface area contributed by atoms with Crippen LogP contribution in [0.3, 0.4) is 0 Å². The largest absolute Gasteiger partial charge is 0.326 e. The quantitative estimate of drug-likeness (QED) is 0.763. The van der Waals surface area contributed by atoms with E-state index in [1.165, 1.54) is 6.20 Å². The van der Waals surface area contributed by atoms with E-state index in [2.05, 4.69) is 22.5 Å². The van der Waals surface area contributed by atoms with E-state index in [9.17, 15) is 9.59 Å². The zero-order valence-corrected chi connectivity index (χ0v) is 13.2. The summed E-state index contributed by atoms with van der Waals surface area (Å²) in [5.74, 6) is -0.237. The van der Waals surface area contributed by atoms with Crippen molar-refractivity contribution in [2.75, 3.05) is 10.6 Å². The minimum atomic E-state index is -0.232. The molecular weight excluding hydrogens is 290 g/mol. The summed E-state index contributed by atoms with van der Waals surface area (Å²) in [4.78, 5) is 27.8. The van der Waals surface area contributed by atoms with Crippen LogP contribution < -0.4 is 10.6 Å². The Morgan fingerprint density at radius 2 is 1.83 bits per heavy atom. The molecule has 2 amide bonds. The van der Waals surface area contributed by atoms with Crippen molar-refractivity contribution in [1.29, 1.82) is 0 Å². The standard InChI is InChI=1S/C18H21N3O2/c1-2-3-4-10-17(22)20-15-8-5-9-16(12-15)21-18(23)14-7-6-11-19-13-14/h5-9,11-13H,2-4,10H2,1H3,(H,20,22)(H,21,23). The summed E-state index contributed by atoms with van der Waals surface area (Å²) in [5.41, 5.74) is 1.79. The zero-order valence-electron chi connectivity index (χ0n) is 13.2. The number of aromatic nitrogens is 1. The molecule has 0 saturated heterocycles. The summed E-state index contributed by atoms with van der Waals surface area (Å²) in [6, 6.07) is 10.5. The lowest BCUT2D eigenvalue weighted by atomic mass is 10.2. The van der Waals surface area contributed by atoms with Gasteiger partial charge >= 0.3 is 0 Å². The van der Waals surface area contributed by atoms with Crippen molar-refractivity contribution < 1.29 is 9.59 Å². The average Bonchev–Trinajstić information content (AvgIpc) is 2.56. The van der Waals surface area contributed by atoms with Crippen LogP contribution in [0, 0.1) is 0 Å². The fraction of sp³-hybridized carbons (Fsp3) is 0.278. The molecule has 0 aliphatic carbocycles. The fourth-order valence-corrected chi connectivity index (χ4v) is 2.13. The van der Waals surface area contributed by atoms with E-state index in [0.29, 0.717) is 23.4 Å². The summed E-state index contributed by atoms with van der Waals surface area (Å²) < 4.78 is 0. The molecule has 5 nitrogen and oxygen atoms in total. The molecule has 1 heterocycles. The maximum absolute atomic E-state index is 12.1. The molecule has 0 unspecified atom stereocenters. The number of carbonyl (C=O) groups excluding carboxylic acids is 2. The van der Waals surface area contributed by atoms with Gasteiger partial charge in [0.2, 0.25) is 5.91 Å². The molecule has 0 saturated carbocycles. The second-order valence-corrected chi connectivity index (χ2v) is 5.28. The number of unbranched alkanes of at least 4 members (excludes halogenated alkanes) is 2. The van der Waals surface area contributed by atoms with Gasteiger partial charge in [-0.3, -0.25) is 14.6 Å². The van der Waals surface area contributed by atoms with E-state index < -0.39 is 0 Å². The predicted molar refractivity (Wildman–Crippen MR) is 91.4 cm³/mol. The Bertz CT molecular complexity index is 656. The molecule has 5 heteroatoms. The van der Waals surface area contributed by atoms with E-state index in [0.717, 1.165) is 19.3 Å². The molecule has 2 N–H and O–H groups in total. The highest BCUT2D eigenvalue weighted by atomic mass is 16.2. The van der Waals surface area contributed by atoms with Crippen LogP contribution in [0.4, 0.5) is 11.4 Å². The lowest BCUT2D eigenvalue weighted by molar-refractivity contribution is -0.116. The highest BCUT2D eigenvalue weighted by Gasteiger charge is 2.07. The van der Waals surface area contributed by atoms with Gasteiger partial charge in [-0.05, 0) is 36.8 Å². The number of pyridine rings is 1. The van der Waals surface area contributed by atoms with Crippen molar-refractivity contribution in [3.8, 4) is 0 Å². The van der Waals surface area contributed by atoms with E-state index >= 15 is 0 Å². The lowest BCUT2D eigenvalue weighted by Crippen LogP contribution is -2.13. The van der Waals surface area contributed by atoms with Gasteiger partial charge < -0.3 is 10.6 Å². The Morgan fingerprint density at radius 3 is 2.52 bits per heavy atom. The first kappa shape index (κ1) is 16.7. The Balaban J connectivity index is 1.94. The first-order valence-corrected chi connectivity index (χ1v) is 7.80. The van der Waals surface area contributed by atoms with Gasteiger partial charge in [0.05, 0.1) is 5.56 Å². The van der Waals surface area contributed by atoms with Gasteiger partial charge in [0.15, 0.2) is 0 Å². The molecule has 0 aliphatic rings. The van der Waals surface area contributed by atoms with Crippen molar-refractivity contribution in [1.82, 2.24) is 4.98 Å². The van der Waals surface area contributed by atoms with E-state index in [4.69, 9.17) is 0 Å². The van der Waals surface area contributed by atoms with Gasteiger partial charge in [0.25, 0.3) is 5.91 Å². The van der Waals surface area contributed by atoms with Crippen LogP contribution in [0.25, 0.3) is 0 Å². The molecule has 120 valence electrons. The van der Waals surface area contributed by atoms with Gasteiger partial charge in [-0.25, -0.2) is 0 Å². The smallest absolute Gasteiger partial charge is 0.257 e. The molecule has 23 heavy (non-hydrogen) atoms. The molecule has 0 spiro atoms. The highest BCUT2D eigenvalue weighted by Crippen LogP contribution is 2.16. The minimum absolute atomic E-state index is 0.00538. The lowest BCUT2D eigenvalue weighted by Gasteiger charge is -2.09. The summed E-state index contributed by atoms with van der Waals surface area (Å²) in [7, 11) is 0. The predicted octanol–water partition coefficient (Wildman–Crippen LogP) is 3.85. The van der Waals surface area contributed by atoms with Crippen LogP contribution in [0.15, 0.2) is 48.8 Å². The topological polar surface area (TPSA) is 71.1 Å². The SMILES string of the molecule is CCCCCC(=O)Nc1cccc(NC(=O)c2cccnc2)c1. The number of carbonyl (C=O) groups is 2. The van der Waals surface area contributed by atoms with Gasteiger partial charge in [0.1, 0.15) is 0 Å². The number of rotatable bonds is 7. The van der Waals surface area contributed by atoms with Crippen LogP contribution in [-0.4, -0.2) is 16.8 Å². The van der Waals surface area contributed by atoms with Gasteiger partial charge in [-0.1, -0.05) is 25.8 Å². The number of hydrogen-bond acceptors (Lipinski definition) is 3. The second-order valence-electron chi connectivity index (χ2n) is 5.28. The van der Waals surface area contributed by atoms with Crippen molar-refractivity contribution in [2.24, 2.45) is 0 Å². The first-order valence-electron chi connectivity index (χ1n) is 7.80. The monoisotopic (exact) mass is 311 g/mol. The number of anilines is 2. The maximum Gasteiger partial charge on any atom is 0.257 e. The zero-order chi connectivity index (χ0) is 16.5. The van der Waals surface area contributed by atoms with Crippen molar-refractivity contribution in [3.05, 3.63) is 54.4 Å². The normalized spacial score (nSPS) is 10.1. The number of amides is 2. The Kier molecular flexibility index (Phi) is 6.29. The number of nitrogens with zero attached hydrogens (tertiary/aromatic N) is 1. The van der Waals surface area contributed by atoms with E-state index in [-0.39, 0.29) is 11.8 Å². The molecule has 2 aromatic rings. The molecule has 0 bridgehead atoms. The van der Waals surface area contributed by atoms with Crippen LogP contribution in [0.2, 0.25) is 0 Å². The highest BCUT2D eigenvalue weighted by molar-refractivity contribution is 6.04. The van der Waals surface area contributed by atoms with Gasteiger partial charge in [-0.15, -0.1) is 0 Å². The first-order chi connectivity index (χ1) is 11.2. The summed E-state index contributed by atoms with van der Waals surface area (Å²) >= 11 is 0. The van der Waals surface area contributed by atoms with Crippen molar-refractivity contribution >= 4 is 23.2 Å². The third-order valence-electron chi connectivity index (χ3n) is 3.34. The third-order valence-corrected chi connectivity index (χ3v) is 3.34. The summed E-state index contributed by atoms with van der Waals surface area (Å²) in [6.07, 6.45) is 6.66. The van der Waals surface area contributed by atoms with Gasteiger partial charge in [0, 0.05) is 30.2 Å². The number of nitrogens with one attached hydrogen (secondary N) is 2. The van der Waals surface area contributed by atoms with Crippen molar-refractivity contribution in [3.63, 3.8) is 0 Å². The van der Waals surface area contributed by atoms with Crippen molar-refractivity contribution in [2.45, 2.75) is 32.6 Å². The molecule has 1 aromatic heterocycles. The molecule has 0 aliphatic heterocycles. The molecule has 1 aromatic carbocycles. The van der Waals surface area contributed by atoms with E-state index in [1.54, 1.807) is 42.6 Å². The second kappa shape index (κ2) is 8.68. The summed E-state index contributed by atoms with van der Waals surface area (Å²) in [5, 5.41) is 5.65. The maximum atomic E-state index is 12.1. The van der Waals surface area contributed by atoms with Gasteiger partial charge in [-0.2, -0.15) is 0 Å². The minimum Gasteiger partial charge on any atom is -0.326 e. The molecule has 0 radical (unpaired) electrons. The summed E-state index contributed by atoms with van der Waals surface area (Å²) in [6.45, 7) is 2.10. The number of benzene rings is 1. The Morgan fingerprint density at radius 1 is 1.04 bits per heavy atom. The van der Waals surface area contributed by atoms with E-state index in [1.807, 2.05) is 0 Å². The fourth-order valence-electron chi connectivity index (χ4n) is 2.13. The van der Waals surface area contributed by atoms with Crippen LogP contribution in [0.1, 0.15) is 43.0 Å². The Hall–Kier alpha value is -2.69. The average molecular weight is 311 g/mol. The molecular formula is C18H21N3O2.